The summed E-state index contributed by atoms with van der Waals surface area (Å²) in [5.74, 6) is -0.568. The van der Waals surface area contributed by atoms with E-state index in [0.717, 1.165) is 0 Å². The second kappa shape index (κ2) is 8.80. The van der Waals surface area contributed by atoms with Crippen molar-refractivity contribution in [1.29, 1.82) is 0 Å². The predicted molar refractivity (Wildman–Crippen MR) is 120 cm³/mol. The SMILES string of the molecule is C[C@H](NC(=O)[C@H]1CN(S(=O)(=O)c2ccc(Cl)cc2)c2ccccc2O1)c1ccc(F)cc1. The number of benzene rings is 3. The van der Waals surface area contributed by atoms with Crippen LogP contribution in [0.15, 0.2) is 77.7 Å². The molecule has 0 bridgehead atoms. The van der Waals surface area contributed by atoms with Gasteiger partial charge in [-0.05, 0) is 61.0 Å². The van der Waals surface area contributed by atoms with Crippen molar-refractivity contribution in [3.63, 3.8) is 0 Å². The van der Waals surface area contributed by atoms with E-state index in [9.17, 15) is 17.6 Å². The third kappa shape index (κ3) is 4.42. The van der Waals surface area contributed by atoms with Gasteiger partial charge in [-0.25, -0.2) is 12.8 Å². The lowest BCUT2D eigenvalue weighted by molar-refractivity contribution is -0.128. The number of carbonyl (C=O) groups excluding carboxylic acids is 1. The summed E-state index contributed by atoms with van der Waals surface area (Å²) in [4.78, 5) is 13.0. The molecule has 0 saturated carbocycles. The van der Waals surface area contributed by atoms with Crippen molar-refractivity contribution in [2.45, 2.75) is 24.0 Å². The maximum atomic E-state index is 13.4. The van der Waals surface area contributed by atoms with Crippen LogP contribution in [0.3, 0.4) is 0 Å². The number of sulfonamides is 1. The van der Waals surface area contributed by atoms with Crippen LogP contribution in [-0.2, 0) is 14.8 Å². The van der Waals surface area contributed by atoms with Crippen LogP contribution in [0.1, 0.15) is 18.5 Å². The lowest BCUT2D eigenvalue weighted by atomic mass is 10.1. The van der Waals surface area contributed by atoms with E-state index >= 15 is 0 Å². The molecule has 0 aliphatic carbocycles. The molecule has 3 aromatic carbocycles. The minimum Gasteiger partial charge on any atom is -0.476 e. The number of nitrogens with one attached hydrogen (secondary N) is 1. The third-order valence-electron chi connectivity index (χ3n) is 5.16. The van der Waals surface area contributed by atoms with Crippen molar-refractivity contribution < 1.29 is 22.3 Å². The Hall–Kier alpha value is -3.10. The van der Waals surface area contributed by atoms with Crippen LogP contribution in [0.5, 0.6) is 5.75 Å². The summed E-state index contributed by atoms with van der Waals surface area (Å²) in [6, 6.07) is 17.8. The highest BCUT2D eigenvalue weighted by atomic mass is 35.5. The smallest absolute Gasteiger partial charge is 0.264 e. The van der Waals surface area contributed by atoms with Crippen LogP contribution in [0.2, 0.25) is 5.02 Å². The van der Waals surface area contributed by atoms with Gasteiger partial charge in [0, 0.05) is 5.02 Å². The van der Waals surface area contributed by atoms with Gasteiger partial charge >= 0.3 is 0 Å². The molecule has 1 heterocycles. The summed E-state index contributed by atoms with van der Waals surface area (Å²) < 4.78 is 46.9. The fourth-order valence-corrected chi connectivity index (χ4v) is 5.04. The van der Waals surface area contributed by atoms with E-state index in [1.165, 1.54) is 40.7 Å². The number of anilines is 1. The summed E-state index contributed by atoms with van der Waals surface area (Å²) >= 11 is 5.90. The molecule has 3 aromatic rings. The zero-order valence-corrected chi connectivity index (χ0v) is 18.6. The molecule has 0 saturated heterocycles. The molecule has 166 valence electrons. The van der Waals surface area contributed by atoms with Gasteiger partial charge in [-0.3, -0.25) is 9.10 Å². The van der Waals surface area contributed by atoms with Gasteiger partial charge in [0.15, 0.2) is 6.10 Å². The van der Waals surface area contributed by atoms with Gasteiger partial charge in [0.2, 0.25) is 0 Å². The highest BCUT2D eigenvalue weighted by Gasteiger charge is 2.37. The molecule has 1 aliphatic rings. The van der Waals surface area contributed by atoms with Crippen molar-refractivity contribution in [3.05, 3.63) is 89.2 Å². The Bertz CT molecular complexity index is 1230. The van der Waals surface area contributed by atoms with E-state index in [0.29, 0.717) is 16.3 Å². The van der Waals surface area contributed by atoms with Gasteiger partial charge < -0.3 is 10.1 Å². The van der Waals surface area contributed by atoms with Crippen molar-refractivity contribution in [2.24, 2.45) is 0 Å². The monoisotopic (exact) mass is 474 g/mol. The van der Waals surface area contributed by atoms with Crippen LogP contribution in [0.4, 0.5) is 10.1 Å². The number of rotatable bonds is 5. The van der Waals surface area contributed by atoms with Crippen LogP contribution >= 0.6 is 11.6 Å². The number of amides is 1. The summed E-state index contributed by atoms with van der Waals surface area (Å²) in [5, 5.41) is 3.23. The molecule has 4 rings (SSSR count). The maximum absolute atomic E-state index is 13.4. The van der Waals surface area contributed by atoms with E-state index in [1.807, 2.05) is 0 Å². The number of nitrogens with zero attached hydrogens (tertiary/aromatic N) is 1. The molecule has 2 atom stereocenters. The second-order valence-corrected chi connectivity index (χ2v) is 9.64. The molecular formula is C23H20ClFN2O4S. The number of hydrogen-bond donors (Lipinski definition) is 1. The molecular weight excluding hydrogens is 455 g/mol. The molecule has 0 aromatic heterocycles. The molecule has 1 aliphatic heterocycles. The standard InChI is InChI=1S/C23H20ClFN2O4S/c1-15(16-6-10-18(25)11-7-16)26-23(28)22-14-27(20-4-2-3-5-21(20)31-22)32(29,30)19-12-8-17(24)9-13-19/h2-13,15,22H,14H2,1H3,(H,26,28)/t15-,22+/m0/s1. The van der Waals surface area contributed by atoms with Crippen molar-refractivity contribution >= 4 is 33.2 Å². The van der Waals surface area contributed by atoms with E-state index in [4.69, 9.17) is 16.3 Å². The first kappa shape index (κ1) is 22.1. The first-order valence-corrected chi connectivity index (χ1v) is 11.7. The fraction of sp³-hybridized carbons (Fsp3) is 0.174. The highest BCUT2D eigenvalue weighted by Crippen LogP contribution is 2.37. The quantitative estimate of drug-likeness (QED) is 0.597. The van der Waals surface area contributed by atoms with Gasteiger partial charge in [0.1, 0.15) is 11.6 Å². The number of para-hydroxylation sites is 2. The van der Waals surface area contributed by atoms with Crippen LogP contribution in [0.25, 0.3) is 0 Å². The van der Waals surface area contributed by atoms with Gasteiger partial charge in [0.25, 0.3) is 15.9 Å². The number of hydrogen-bond acceptors (Lipinski definition) is 4. The minimum atomic E-state index is -3.97. The summed E-state index contributed by atoms with van der Waals surface area (Å²) in [7, 11) is -3.97. The van der Waals surface area contributed by atoms with E-state index in [-0.39, 0.29) is 23.0 Å². The van der Waals surface area contributed by atoms with Crippen LogP contribution in [-0.4, -0.2) is 27.0 Å². The van der Waals surface area contributed by atoms with E-state index in [1.54, 1.807) is 43.3 Å². The zero-order valence-electron chi connectivity index (χ0n) is 17.0. The number of ether oxygens (including phenoxy) is 1. The molecule has 9 heteroatoms. The first-order valence-electron chi connectivity index (χ1n) is 9.85. The van der Waals surface area contributed by atoms with Crippen molar-refractivity contribution in [2.75, 3.05) is 10.8 Å². The highest BCUT2D eigenvalue weighted by molar-refractivity contribution is 7.92. The topological polar surface area (TPSA) is 75.7 Å². The van der Waals surface area contributed by atoms with Gasteiger partial charge in [-0.15, -0.1) is 0 Å². The summed E-state index contributed by atoms with van der Waals surface area (Å²) in [5.41, 5.74) is 1.06. The normalized spacial score (nSPS) is 16.6. The molecule has 0 spiro atoms. The van der Waals surface area contributed by atoms with Crippen molar-refractivity contribution in [3.8, 4) is 5.75 Å². The number of carbonyl (C=O) groups is 1. The Balaban J connectivity index is 1.61. The molecule has 1 N–H and O–H groups in total. The first-order chi connectivity index (χ1) is 15.3. The van der Waals surface area contributed by atoms with Crippen LogP contribution < -0.4 is 14.4 Å². The van der Waals surface area contributed by atoms with Gasteiger partial charge in [0.05, 0.1) is 23.2 Å². The Labute approximate surface area is 190 Å². The Morgan fingerprint density at radius 1 is 1.09 bits per heavy atom. The van der Waals surface area contributed by atoms with Gasteiger partial charge in [-0.2, -0.15) is 0 Å². The fourth-order valence-electron chi connectivity index (χ4n) is 3.44. The molecule has 0 unspecified atom stereocenters. The average molecular weight is 475 g/mol. The predicted octanol–water partition coefficient (Wildman–Crippen LogP) is 4.31. The molecule has 1 amide bonds. The lowest BCUT2D eigenvalue weighted by Crippen LogP contribution is -2.51. The Morgan fingerprint density at radius 3 is 2.44 bits per heavy atom. The maximum Gasteiger partial charge on any atom is 0.264 e. The Kier molecular flexibility index (Phi) is 6.08. The largest absolute Gasteiger partial charge is 0.476 e. The summed E-state index contributed by atoms with van der Waals surface area (Å²) in [6.45, 7) is 1.55. The third-order valence-corrected chi connectivity index (χ3v) is 7.20. The van der Waals surface area contributed by atoms with E-state index < -0.39 is 28.1 Å². The molecule has 6 nitrogen and oxygen atoms in total. The lowest BCUT2D eigenvalue weighted by Gasteiger charge is -2.35. The van der Waals surface area contributed by atoms with Crippen LogP contribution in [0, 0.1) is 5.82 Å². The molecule has 0 fully saturated rings. The molecule has 32 heavy (non-hydrogen) atoms. The minimum absolute atomic E-state index is 0.0532. The second-order valence-electron chi connectivity index (χ2n) is 7.35. The van der Waals surface area contributed by atoms with E-state index in [2.05, 4.69) is 5.32 Å². The van der Waals surface area contributed by atoms with Gasteiger partial charge in [-0.1, -0.05) is 35.9 Å². The number of fused-ring (bicyclic) bond motifs is 1. The average Bonchev–Trinajstić information content (AvgIpc) is 2.79. The Morgan fingerprint density at radius 2 is 1.75 bits per heavy atom. The summed E-state index contributed by atoms with van der Waals surface area (Å²) in [6.07, 6.45) is -1.07. The zero-order chi connectivity index (χ0) is 22.9. The number of halogens is 2. The van der Waals surface area contributed by atoms with Crippen molar-refractivity contribution in [1.82, 2.24) is 5.32 Å². The molecule has 0 radical (unpaired) electrons.